The Hall–Kier alpha value is -3.94. The molecule has 0 aliphatic carbocycles. The van der Waals surface area contributed by atoms with E-state index in [1.165, 1.54) is 6.07 Å². The minimum atomic E-state index is -0.602. The molecule has 1 aromatic heterocycles. The van der Waals surface area contributed by atoms with Crippen LogP contribution in [-0.4, -0.2) is 59.2 Å². The van der Waals surface area contributed by atoms with Crippen molar-refractivity contribution < 1.29 is 18.4 Å². The van der Waals surface area contributed by atoms with Gasteiger partial charge in [-0.2, -0.15) is 0 Å². The predicted molar refractivity (Wildman–Crippen MR) is 142 cm³/mol. The lowest BCUT2D eigenvalue weighted by Crippen LogP contribution is -2.64. The molecule has 37 heavy (non-hydrogen) atoms. The maximum atomic E-state index is 13.7. The van der Waals surface area contributed by atoms with Gasteiger partial charge in [0.15, 0.2) is 5.84 Å². The van der Waals surface area contributed by atoms with Crippen molar-refractivity contribution in [1.29, 1.82) is 0 Å². The lowest BCUT2D eigenvalue weighted by molar-refractivity contribution is -0.132. The van der Waals surface area contributed by atoms with E-state index in [0.717, 1.165) is 16.5 Å². The van der Waals surface area contributed by atoms with Crippen molar-refractivity contribution in [2.45, 2.75) is 39.7 Å². The van der Waals surface area contributed by atoms with E-state index in [9.17, 15) is 14.0 Å². The lowest BCUT2D eigenvalue weighted by atomic mass is 9.97. The third-order valence-electron chi connectivity index (χ3n) is 7.19. The van der Waals surface area contributed by atoms with Crippen molar-refractivity contribution in [2.75, 3.05) is 26.2 Å². The molecule has 0 unspecified atom stereocenters. The van der Waals surface area contributed by atoms with Crippen LogP contribution in [0.5, 0.6) is 0 Å². The second-order valence-electron chi connectivity index (χ2n) is 10.3. The van der Waals surface area contributed by atoms with Crippen LogP contribution in [0.4, 0.5) is 4.39 Å². The number of carbonyl (C=O) groups is 2. The molecule has 2 aliphatic heterocycles. The summed E-state index contributed by atoms with van der Waals surface area (Å²) in [6, 6.07) is 12.5. The summed E-state index contributed by atoms with van der Waals surface area (Å²) in [6.07, 6.45) is 2.43. The fourth-order valence-electron chi connectivity index (χ4n) is 5.19. The number of piperazine rings is 1. The molecule has 1 N–H and O–H groups in total. The Morgan fingerprint density at radius 1 is 1.08 bits per heavy atom. The first-order valence-corrected chi connectivity index (χ1v) is 12.5. The average molecular weight is 503 g/mol. The zero-order valence-electron chi connectivity index (χ0n) is 21.6. The highest BCUT2D eigenvalue weighted by atomic mass is 19.1. The summed E-state index contributed by atoms with van der Waals surface area (Å²) < 4.78 is 19.5. The van der Waals surface area contributed by atoms with Crippen molar-refractivity contribution in [1.82, 2.24) is 15.1 Å². The number of para-hydroxylation sites is 1. The zero-order valence-corrected chi connectivity index (χ0v) is 21.6. The summed E-state index contributed by atoms with van der Waals surface area (Å²) in [5, 5.41) is 3.90. The van der Waals surface area contributed by atoms with Crippen LogP contribution in [0.2, 0.25) is 0 Å². The van der Waals surface area contributed by atoms with Gasteiger partial charge in [0, 0.05) is 37.8 Å². The molecule has 0 radical (unpaired) electrons. The van der Waals surface area contributed by atoms with Gasteiger partial charge in [0.25, 0.3) is 11.8 Å². The molecule has 8 heteroatoms. The van der Waals surface area contributed by atoms with Crippen LogP contribution in [-0.2, 0) is 4.79 Å². The summed E-state index contributed by atoms with van der Waals surface area (Å²) >= 11 is 0. The number of carbonyl (C=O) groups excluding carboxylic acids is 2. The van der Waals surface area contributed by atoms with Crippen molar-refractivity contribution in [3.05, 3.63) is 76.9 Å². The van der Waals surface area contributed by atoms with Crippen molar-refractivity contribution >= 4 is 34.2 Å². The third-order valence-corrected chi connectivity index (χ3v) is 7.19. The van der Waals surface area contributed by atoms with E-state index in [4.69, 9.17) is 4.42 Å². The molecule has 2 aromatic carbocycles. The summed E-state index contributed by atoms with van der Waals surface area (Å²) in [4.78, 5) is 35.1. The summed E-state index contributed by atoms with van der Waals surface area (Å²) in [5.41, 5.74) is 3.12. The second-order valence-corrected chi connectivity index (χ2v) is 10.3. The average Bonchev–Trinajstić information content (AvgIpc) is 3.02. The Balaban J connectivity index is 1.30. The number of amides is 2. The topological polar surface area (TPSA) is 78.2 Å². The fraction of sp³-hybridized carbons (Fsp3) is 0.345. The number of halogens is 1. The van der Waals surface area contributed by atoms with Gasteiger partial charge in [-0.05, 0) is 69.0 Å². The highest BCUT2D eigenvalue weighted by Crippen LogP contribution is 2.29. The fourth-order valence-corrected chi connectivity index (χ4v) is 5.19. The van der Waals surface area contributed by atoms with Crippen LogP contribution in [0.3, 0.4) is 0 Å². The Morgan fingerprint density at radius 3 is 2.62 bits per heavy atom. The number of fused-ring (bicyclic) bond motifs is 1. The number of furan rings is 1. The van der Waals surface area contributed by atoms with Gasteiger partial charge in [0.1, 0.15) is 17.2 Å². The first-order valence-electron chi connectivity index (χ1n) is 12.5. The van der Waals surface area contributed by atoms with Gasteiger partial charge in [0.05, 0.1) is 11.1 Å². The van der Waals surface area contributed by atoms with Crippen LogP contribution in [0, 0.1) is 19.7 Å². The Labute approximate surface area is 215 Å². The number of aryl methyl sites for hydroxylation is 2. The molecule has 1 saturated heterocycles. The molecular weight excluding hydrogens is 471 g/mol. The molecule has 3 aromatic rings. The molecule has 2 amide bonds. The quantitative estimate of drug-likeness (QED) is 0.564. The van der Waals surface area contributed by atoms with Crippen molar-refractivity contribution in [3.63, 3.8) is 0 Å². The van der Waals surface area contributed by atoms with Gasteiger partial charge < -0.3 is 19.5 Å². The van der Waals surface area contributed by atoms with E-state index in [1.54, 1.807) is 35.1 Å². The maximum Gasteiger partial charge on any atom is 0.289 e. The van der Waals surface area contributed by atoms with Crippen LogP contribution in [0.15, 0.2) is 58.1 Å². The molecule has 7 nitrogen and oxygen atoms in total. The van der Waals surface area contributed by atoms with Crippen molar-refractivity contribution in [3.8, 4) is 0 Å². The van der Waals surface area contributed by atoms with E-state index < -0.39 is 5.54 Å². The Morgan fingerprint density at radius 2 is 1.86 bits per heavy atom. The number of nitrogens with one attached hydrogen (secondary N) is 1. The van der Waals surface area contributed by atoms with Gasteiger partial charge in [-0.1, -0.05) is 24.3 Å². The van der Waals surface area contributed by atoms with E-state index in [2.05, 4.69) is 10.3 Å². The summed E-state index contributed by atoms with van der Waals surface area (Å²) in [5.74, 6) is 0.343. The number of hydrogen-bond acceptors (Lipinski definition) is 5. The van der Waals surface area contributed by atoms with Gasteiger partial charge in [0.2, 0.25) is 0 Å². The van der Waals surface area contributed by atoms with Gasteiger partial charge >= 0.3 is 0 Å². The monoisotopic (exact) mass is 502 g/mol. The number of nitrogens with zero attached hydrogens (tertiary/aromatic N) is 3. The third kappa shape index (κ3) is 4.63. The normalized spacial score (nSPS) is 17.6. The molecule has 2 aliphatic rings. The number of hydrogen-bond donors (Lipinski definition) is 1. The van der Waals surface area contributed by atoms with Gasteiger partial charge in [-0.3, -0.25) is 14.6 Å². The molecule has 0 bridgehead atoms. The number of amidine groups is 1. The minimum absolute atomic E-state index is 0.0882. The number of benzene rings is 2. The molecular formula is C29H31FN4O3. The summed E-state index contributed by atoms with van der Waals surface area (Å²) in [6.45, 7) is 9.11. The molecule has 0 spiro atoms. The second kappa shape index (κ2) is 9.50. The van der Waals surface area contributed by atoms with Crippen molar-refractivity contribution in [2.24, 2.45) is 4.99 Å². The van der Waals surface area contributed by atoms with E-state index >= 15 is 0 Å². The van der Waals surface area contributed by atoms with Crippen LogP contribution >= 0.6 is 0 Å². The van der Waals surface area contributed by atoms with E-state index in [-0.39, 0.29) is 23.5 Å². The van der Waals surface area contributed by atoms with Gasteiger partial charge in [-0.15, -0.1) is 0 Å². The minimum Gasteiger partial charge on any atom is -0.461 e. The molecule has 5 rings (SSSR count). The molecule has 0 saturated carbocycles. The largest absolute Gasteiger partial charge is 0.461 e. The highest BCUT2D eigenvalue weighted by Gasteiger charge is 2.40. The summed E-state index contributed by atoms with van der Waals surface area (Å²) in [7, 11) is 0. The van der Waals surface area contributed by atoms with E-state index in [0.29, 0.717) is 55.1 Å². The van der Waals surface area contributed by atoms with E-state index in [1.807, 2.05) is 45.0 Å². The Kier molecular flexibility index (Phi) is 6.35. The van der Waals surface area contributed by atoms with Crippen LogP contribution in [0.1, 0.15) is 47.5 Å². The smallest absolute Gasteiger partial charge is 0.289 e. The molecule has 3 heterocycles. The number of aliphatic imine (C=N–C) groups is 1. The van der Waals surface area contributed by atoms with Crippen LogP contribution in [0.25, 0.3) is 16.5 Å². The first-order chi connectivity index (χ1) is 17.7. The molecule has 192 valence electrons. The highest BCUT2D eigenvalue weighted by molar-refractivity contribution is 6.38. The zero-order chi connectivity index (χ0) is 26.3. The maximum absolute atomic E-state index is 13.7. The van der Waals surface area contributed by atoms with Gasteiger partial charge in [-0.25, -0.2) is 4.39 Å². The SMILES string of the molecule is Cc1cc(C2=CNC(C(=O)N3CCN(C(=O)c4c(C)oc5ccccc45)CC3(C)C)=NCC2)ccc1F. The standard InChI is InChI=1S/C29H31FN4O3/c1-18-15-20(9-10-23(18)30)21-11-12-31-26(32-16-21)28(36)34-14-13-33(17-29(34,3)4)27(35)25-19(2)37-24-8-6-5-7-22(24)25/h5-10,15-16H,11-14,17H2,1-4H3,(H,31,32). The molecule has 0 atom stereocenters. The lowest BCUT2D eigenvalue weighted by Gasteiger charge is -2.47. The first kappa shape index (κ1) is 24.7. The number of rotatable bonds is 3. The predicted octanol–water partition coefficient (Wildman–Crippen LogP) is 4.68. The Bertz CT molecular complexity index is 1450. The van der Waals surface area contributed by atoms with Crippen LogP contribution < -0.4 is 5.32 Å². The molecule has 1 fully saturated rings.